The van der Waals surface area contributed by atoms with Crippen LogP contribution in [0.3, 0.4) is 0 Å². The minimum Gasteiger partial charge on any atom is -0.205 e. The summed E-state index contributed by atoms with van der Waals surface area (Å²) < 4.78 is 13.7. The highest BCUT2D eigenvalue weighted by Crippen LogP contribution is 2.47. The molecule has 0 nitrogen and oxygen atoms in total. The summed E-state index contributed by atoms with van der Waals surface area (Å²) >= 11 is 5.79. The first-order valence-corrected chi connectivity index (χ1v) is 8.63. The van der Waals surface area contributed by atoms with Gasteiger partial charge in [0.1, 0.15) is 5.82 Å². The van der Waals surface area contributed by atoms with Crippen molar-refractivity contribution in [2.24, 2.45) is 17.8 Å². The standard InChI is InChI=1S/C19H24ClF/c1-2-3-13-4-5-15-11-16(7-6-14(15)10-13)17-8-9-18(20)19(21)12-17/h2-3,8-9,12-16H,4-7,10-11H2,1H3. The zero-order valence-corrected chi connectivity index (χ0v) is 13.5. The van der Waals surface area contributed by atoms with E-state index >= 15 is 0 Å². The lowest BCUT2D eigenvalue weighted by Gasteiger charge is -2.41. The van der Waals surface area contributed by atoms with E-state index in [0.29, 0.717) is 5.92 Å². The zero-order valence-electron chi connectivity index (χ0n) is 12.7. The normalized spacial score (nSPS) is 33.1. The molecule has 2 aliphatic rings. The van der Waals surface area contributed by atoms with Gasteiger partial charge in [-0.3, -0.25) is 0 Å². The van der Waals surface area contributed by atoms with Crippen molar-refractivity contribution in [3.63, 3.8) is 0 Å². The SMILES string of the molecule is CC=CC1CCC2CC(c3ccc(Cl)c(F)c3)CCC2C1. The minimum absolute atomic E-state index is 0.235. The van der Waals surface area contributed by atoms with E-state index in [0.717, 1.165) is 23.3 Å². The summed E-state index contributed by atoms with van der Waals surface area (Å²) in [6, 6.07) is 5.38. The number of halogens is 2. The van der Waals surface area contributed by atoms with Crippen LogP contribution in [0.4, 0.5) is 4.39 Å². The Labute approximate surface area is 132 Å². The maximum absolute atomic E-state index is 13.7. The van der Waals surface area contributed by atoms with Gasteiger partial charge in [-0.2, -0.15) is 0 Å². The fourth-order valence-corrected chi connectivity index (χ4v) is 4.56. The summed E-state index contributed by atoms with van der Waals surface area (Å²) in [5, 5.41) is 0.235. The summed E-state index contributed by atoms with van der Waals surface area (Å²) in [7, 11) is 0. The van der Waals surface area contributed by atoms with Gasteiger partial charge >= 0.3 is 0 Å². The van der Waals surface area contributed by atoms with E-state index in [1.807, 2.05) is 6.07 Å². The predicted molar refractivity (Wildman–Crippen MR) is 87.1 cm³/mol. The zero-order chi connectivity index (χ0) is 14.8. The number of hydrogen-bond donors (Lipinski definition) is 0. The van der Waals surface area contributed by atoms with Crippen molar-refractivity contribution in [1.29, 1.82) is 0 Å². The molecule has 21 heavy (non-hydrogen) atoms. The van der Waals surface area contributed by atoms with Gasteiger partial charge in [-0.15, -0.1) is 0 Å². The molecule has 0 N–H and O–H groups in total. The average molecular weight is 307 g/mol. The van der Waals surface area contributed by atoms with Crippen LogP contribution in [0.15, 0.2) is 30.4 Å². The molecule has 1 aromatic carbocycles. The summed E-state index contributed by atoms with van der Waals surface area (Å²) in [5.41, 5.74) is 1.14. The monoisotopic (exact) mass is 306 g/mol. The van der Waals surface area contributed by atoms with E-state index < -0.39 is 0 Å². The van der Waals surface area contributed by atoms with Crippen molar-refractivity contribution in [3.8, 4) is 0 Å². The van der Waals surface area contributed by atoms with Crippen molar-refractivity contribution in [1.82, 2.24) is 0 Å². The minimum atomic E-state index is -0.270. The maximum Gasteiger partial charge on any atom is 0.142 e. The molecule has 0 amide bonds. The second-order valence-corrected chi connectivity index (χ2v) is 7.21. The van der Waals surface area contributed by atoms with Gasteiger partial charge in [0.25, 0.3) is 0 Å². The van der Waals surface area contributed by atoms with Crippen LogP contribution in [0.1, 0.15) is 56.9 Å². The van der Waals surface area contributed by atoms with E-state index in [1.54, 1.807) is 12.1 Å². The molecule has 0 heterocycles. The smallest absolute Gasteiger partial charge is 0.142 e. The van der Waals surface area contributed by atoms with E-state index in [-0.39, 0.29) is 10.8 Å². The number of fused-ring (bicyclic) bond motifs is 1. The van der Waals surface area contributed by atoms with Crippen LogP contribution in [0, 0.1) is 23.6 Å². The Kier molecular flexibility index (Phi) is 4.69. The first-order chi connectivity index (χ1) is 10.2. The predicted octanol–water partition coefficient (Wildman–Crippen LogP) is 6.36. The summed E-state index contributed by atoms with van der Waals surface area (Å²) in [6.07, 6.45) is 12.3. The molecular formula is C19H24ClF. The lowest BCUT2D eigenvalue weighted by molar-refractivity contribution is 0.133. The average Bonchev–Trinajstić information content (AvgIpc) is 2.50. The van der Waals surface area contributed by atoms with Crippen molar-refractivity contribution in [2.45, 2.75) is 51.4 Å². The molecule has 2 heteroatoms. The number of hydrogen-bond acceptors (Lipinski definition) is 0. The van der Waals surface area contributed by atoms with Crippen LogP contribution in [0.2, 0.25) is 5.02 Å². The Balaban J connectivity index is 1.67. The van der Waals surface area contributed by atoms with Crippen LogP contribution in [0.5, 0.6) is 0 Å². The van der Waals surface area contributed by atoms with Crippen LogP contribution < -0.4 is 0 Å². The Bertz CT molecular complexity index is 522. The maximum atomic E-state index is 13.7. The second-order valence-electron chi connectivity index (χ2n) is 6.80. The quantitative estimate of drug-likeness (QED) is 0.558. The van der Waals surface area contributed by atoms with E-state index in [1.165, 1.54) is 38.5 Å². The molecule has 1 aromatic rings. The Morgan fingerprint density at radius 2 is 1.86 bits per heavy atom. The van der Waals surface area contributed by atoms with Crippen molar-refractivity contribution < 1.29 is 4.39 Å². The molecule has 3 rings (SSSR count). The molecule has 0 spiro atoms. The molecule has 4 atom stereocenters. The van der Waals surface area contributed by atoms with Gasteiger partial charge in [0.2, 0.25) is 0 Å². The summed E-state index contributed by atoms with van der Waals surface area (Å²) in [4.78, 5) is 0. The van der Waals surface area contributed by atoms with Gasteiger partial charge in [-0.05, 0) is 86.8 Å². The van der Waals surface area contributed by atoms with Crippen LogP contribution in [-0.4, -0.2) is 0 Å². The molecule has 114 valence electrons. The molecule has 4 unspecified atom stereocenters. The molecule has 2 aliphatic carbocycles. The van der Waals surface area contributed by atoms with E-state index in [4.69, 9.17) is 11.6 Å². The number of allylic oxidation sites excluding steroid dienone is 2. The number of benzene rings is 1. The molecule has 0 saturated heterocycles. The molecular weight excluding hydrogens is 283 g/mol. The Morgan fingerprint density at radius 1 is 1.10 bits per heavy atom. The summed E-state index contributed by atoms with van der Waals surface area (Å²) in [5.74, 6) is 2.77. The Morgan fingerprint density at radius 3 is 2.62 bits per heavy atom. The van der Waals surface area contributed by atoms with Gasteiger partial charge < -0.3 is 0 Å². The Hall–Kier alpha value is -0.820. The third-order valence-electron chi connectivity index (χ3n) is 5.53. The van der Waals surface area contributed by atoms with Crippen LogP contribution >= 0.6 is 11.6 Å². The number of rotatable bonds is 2. The molecule has 2 saturated carbocycles. The van der Waals surface area contributed by atoms with E-state index in [9.17, 15) is 4.39 Å². The molecule has 0 bridgehead atoms. The third-order valence-corrected chi connectivity index (χ3v) is 5.84. The lowest BCUT2D eigenvalue weighted by Crippen LogP contribution is -2.30. The van der Waals surface area contributed by atoms with Gasteiger partial charge in [0.15, 0.2) is 0 Å². The fraction of sp³-hybridized carbons (Fsp3) is 0.579. The lowest BCUT2D eigenvalue weighted by atomic mass is 9.64. The van der Waals surface area contributed by atoms with Gasteiger partial charge in [-0.1, -0.05) is 29.8 Å². The highest BCUT2D eigenvalue weighted by atomic mass is 35.5. The second kappa shape index (κ2) is 6.52. The fourth-order valence-electron chi connectivity index (χ4n) is 4.44. The first-order valence-electron chi connectivity index (χ1n) is 8.25. The largest absolute Gasteiger partial charge is 0.205 e. The molecule has 2 fully saturated rings. The first kappa shape index (κ1) is 15.1. The highest BCUT2D eigenvalue weighted by molar-refractivity contribution is 6.30. The van der Waals surface area contributed by atoms with Crippen molar-refractivity contribution in [3.05, 3.63) is 46.8 Å². The van der Waals surface area contributed by atoms with Crippen LogP contribution in [0.25, 0.3) is 0 Å². The van der Waals surface area contributed by atoms with Crippen molar-refractivity contribution in [2.75, 3.05) is 0 Å². The highest BCUT2D eigenvalue weighted by Gasteiger charge is 2.35. The van der Waals surface area contributed by atoms with Crippen molar-refractivity contribution >= 4 is 11.6 Å². The van der Waals surface area contributed by atoms with Gasteiger partial charge in [-0.25, -0.2) is 4.39 Å². The van der Waals surface area contributed by atoms with E-state index in [2.05, 4.69) is 19.1 Å². The molecule has 0 radical (unpaired) electrons. The summed E-state index contributed by atoms with van der Waals surface area (Å²) in [6.45, 7) is 2.12. The topological polar surface area (TPSA) is 0 Å². The molecule has 0 aliphatic heterocycles. The molecule has 0 aromatic heterocycles. The van der Waals surface area contributed by atoms with Gasteiger partial charge in [0.05, 0.1) is 5.02 Å². The van der Waals surface area contributed by atoms with Gasteiger partial charge in [0, 0.05) is 0 Å². The third kappa shape index (κ3) is 3.34. The van der Waals surface area contributed by atoms with Crippen LogP contribution in [-0.2, 0) is 0 Å².